The van der Waals surface area contributed by atoms with Crippen LogP contribution < -0.4 is 10.6 Å². The number of aryl methyl sites for hydroxylation is 2. The highest BCUT2D eigenvalue weighted by atomic mass is 32.2. The average Bonchev–Trinajstić information content (AvgIpc) is 3.92. The molecule has 4 N–H and O–H groups in total. The molecule has 0 saturated carbocycles. The molecule has 2 atom stereocenters. The number of fused-ring (bicyclic) bond motifs is 2. The van der Waals surface area contributed by atoms with Gasteiger partial charge in [-0.15, -0.1) is 23.5 Å². The number of rotatable bonds is 11. The van der Waals surface area contributed by atoms with Crippen molar-refractivity contribution in [2.24, 2.45) is 9.98 Å². The quantitative estimate of drug-likeness (QED) is 0.120. The van der Waals surface area contributed by atoms with Crippen molar-refractivity contribution in [2.45, 2.75) is 76.5 Å². The molecule has 50 heavy (non-hydrogen) atoms. The molecular weight excluding hydrogens is 669 g/mol. The average molecular weight is 715 g/mol. The van der Waals surface area contributed by atoms with Crippen LogP contribution in [-0.4, -0.2) is 94.7 Å². The molecule has 10 nitrogen and oxygen atoms in total. The van der Waals surface area contributed by atoms with Crippen LogP contribution in [0.2, 0.25) is 0 Å². The summed E-state index contributed by atoms with van der Waals surface area (Å²) < 4.78 is 16.8. The third-order valence-corrected chi connectivity index (χ3v) is 12.2. The number of aromatic nitrogens is 2. The predicted molar refractivity (Wildman–Crippen MR) is 207 cm³/mol. The van der Waals surface area contributed by atoms with Gasteiger partial charge in [-0.2, -0.15) is 0 Å². The molecule has 12 heteroatoms. The van der Waals surface area contributed by atoms with Crippen LogP contribution in [0.1, 0.15) is 61.0 Å². The second kappa shape index (κ2) is 15.0. The third kappa shape index (κ3) is 7.73. The van der Waals surface area contributed by atoms with E-state index in [-0.39, 0.29) is 18.1 Å². The Labute approximate surface area is 301 Å². The number of anilines is 2. The van der Waals surface area contributed by atoms with E-state index in [2.05, 4.69) is 70.8 Å². The number of aliphatic imine (C=N–C) groups is 2. The summed E-state index contributed by atoms with van der Waals surface area (Å²) in [6.07, 6.45) is 5.07. The molecule has 264 valence electrons. The molecule has 0 radical (unpaired) electrons. The zero-order valence-corrected chi connectivity index (χ0v) is 30.4. The normalized spacial score (nSPS) is 21.9. The minimum Gasteiger partial charge on any atom is -0.466 e. The molecule has 2 saturated heterocycles. The van der Waals surface area contributed by atoms with Gasteiger partial charge in [-0.25, -0.2) is 0 Å². The third-order valence-electron chi connectivity index (χ3n) is 9.91. The molecule has 8 rings (SSSR count). The highest BCUT2D eigenvalue weighted by molar-refractivity contribution is 8.15. The van der Waals surface area contributed by atoms with Crippen molar-refractivity contribution in [3.05, 3.63) is 58.9 Å². The van der Waals surface area contributed by atoms with E-state index in [9.17, 15) is 4.79 Å². The van der Waals surface area contributed by atoms with Crippen LogP contribution in [0.3, 0.4) is 0 Å². The van der Waals surface area contributed by atoms with Gasteiger partial charge in [0.2, 0.25) is 0 Å². The van der Waals surface area contributed by atoms with Crippen molar-refractivity contribution in [3.63, 3.8) is 0 Å². The van der Waals surface area contributed by atoms with Crippen LogP contribution in [0.4, 0.5) is 11.4 Å². The van der Waals surface area contributed by atoms with Crippen LogP contribution in [0.15, 0.2) is 46.4 Å². The molecule has 4 aromatic rings. The van der Waals surface area contributed by atoms with Crippen LogP contribution in [0.25, 0.3) is 21.8 Å². The zero-order valence-electron chi connectivity index (χ0n) is 28.8. The molecule has 0 bridgehead atoms. The summed E-state index contributed by atoms with van der Waals surface area (Å²) in [5.74, 6) is 1.47. The van der Waals surface area contributed by atoms with Crippen LogP contribution in [0, 0.1) is 13.8 Å². The molecule has 0 amide bonds. The number of carbonyl (C=O) groups excluding carboxylic acids is 1. The zero-order chi connectivity index (χ0) is 34.0. The largest absolute Gasteiger partial charge is 0.466 e. The summed E-state index contributed by atoms with van der Waals surface area (Å²) in [5, 5.41) is 11.8. The molecule has 2 aromatic carbocycles. The van der Waals surface area contributed by atoms with E-state index in [1.807, 2.05) is 0 Å². The van der Waals surface area contributed by atoms with Gasteiger partial charge >= 0.3 is 5.97 Å². The number of nitrogens with zero attached hydrogens (tertiary/aromatic N) is 2. The minimum absolute atomic E-state index is 0.0846. The Kier molecular flexibility index (Phi) is 10.1. The van der Waals surface area contributed by atoms with E-state index < -0.39 is 0 Å². The Bertz CT molecular complexity index is 1920. The van der Waals surface area contributed by atoms with E-state index in [0.29, 0.717) is 31.5 Å². The van der Waals surface area contributed by atoms with Crippen LogP contribution in [0.5, 0.6) is 0 Å². The molecule has 0 spiro atoms. The Morgan fingerprint density at radius 2 is 1.26 bits per heavy atom. The molecule has 2 aromatic heterocycles. The van der Waals surface area contributed by atoms with Gasteiger partial charge in [-0.05, 0) is 87.1 Å². The number of H-pyrrole nitrogens is 2. The Balaban J connectivity index is 0.844. The number of carbonyl (C=O) groups is 1. The second-order valence-electron chi connectivity index (χ2n) is 14.0. The number of ether oxygens (including phenoxy) is 3. The van der Waals surface area contributed by atoms with Gasteiger partial charge in [0.15, 0.2) is 0 Å². The fourth-order valence-electron chi connectivity index (χ4n) is 7.31. The first kappa shape index (κ1) is 33.7. The monoisotopic (exact) mass is 714 g/mol. The predicted octanol–water partition coefficient (Wildman–Crippen LogP) is 7.20. The fraction of sp³-hybridized carbons (Fsp3) is 0.500. The number of thioether (sulfide) groups is 2. The number of hydrogen-bond donors (Lipinski definition) is 4. The number of nitrogens with one attached hydrogen (secondary N) is 4. The lowest BCUT2D eigenvalue weighted by atomic mass is 10.1. The van der Waals surface area contributed by atoms with Crippen molar-refractivity contribution in [3.8, 4) is 0 Å². The van der Waals surface area contributed by atoms with Gasteiger partial charge in [-0.3, -0.25) is 14.8 Å². The summed E-state index contributed by atoms with van der Waals surface area (Å²) in [6.45, 7) is 7.87. The lowest BCUT2D eigenvalue weighted by Crippen LogP contribution is -2.27. The van der Waals surface area contributed by atoms with Gasteiger partial charge in [0.25, 0.3) is 0 Å². The molecule has 0 aliphatic carbocycles. The fourth-order valence-corrected chi connectivity index (χ4v) is 9.42. The SMILES string of the molecule is Cc1cc(NC2CCOCC2)c2[nH]c(C3=NC(CCOC(=O)CC4CSC(c5cc6cc(C)cc(NC7CCOCC7)c6[nH]5)=N4)CS3)cc2c1. The van der Waals surface area contributed by atoms with Crippen LogP contribution in [-0.2, 0) is 19.0 Å². The van der Waals surface area contributed by atoms with Gasteiger partial charge in [-0.1, -0.05) is 0 Å². The lowest BCUT2D eigenvalue weighted by molar-refractivity contribution is -0.144. The Hall–Kier alpha value is -3.45. The molecule has 4 aliphatic heterocycles. The summed E-state index contributed by atoms with van der Waals surface area (Å²) in [7, 11) is 0. The van der Waals surface area contributed by atoms with Gasteiger partial charge in [0.05, 0.1) is 58.9 Å². The van der Waals surface area contributed by atoms with Gasteiger partial charge in [0.1, 0.15) is 10.1 Å². The van der Waals surface area contributed by atoms with Crippen molar-refractivity contribution < 1.29 is 19.0 Å². The van der Waals surface area contributed by atoms with E-state index in [1.165, 1.54) is 21.9 Å². The van der Waals surface area contributed by atoms with Crippen LogP contribution >= 0.6 is 23.5 Å². The standard InChI is InChI=1S/C38H46N6O4S2/c1-22-13-24-17-32(43-35(24)30(15-22)39-26-3-8-46-9-4-26)37-41-28(20-49-37)7-12-48-34(45)19-29-21-50-38(42-29)33-18-25-14-23(2)16-31(36(25)44-33)40-27-5-10-47-11-6-27/h13-18,26-29,39-40,43-44H,3-12,19-21H2,1-2H3. The second-order valence-corrected chi connectivity index (χ2v) is 16.0. The molecule has 4 aliphatic rings. The summed E-state index contributed by atoms with van der Waals surface area (Å²) in [5.41, 5.74) is 9.01. The van der Waals surface area contributed by atoms with E-state index in [4.69, 9.17) is 24.2 Å². The Morgan fingerprint density at radius 3 is 1.80 bits per heavy atom. The van der Waals surface area contributed by atoms with Gasteiger partial charge < -0.3 is 34.8 Å². The molecule has 2 fully saturated rings. The lowest BCUT2D eigenvalue weighted by Gasteiger charge is -2.24. The number of hydrogen-bond acceptors (Lipinski definition) is 10. The van der Waals surface area contributed by atoms with Gasteiger partial charge in [0, 0.05) is 67.2 Å². The van der Waals surface area contributed by atoms with E-state index >= 15 is 0 Å². The number of aromatic amines is 2. The topological polar surface area (TPSA) is 125 Å². The number of esters is 1. The Morgan fingerprint density at radius 1 is 0.760 bits per heavy atom. The minimum atomic E-state index is -0.193. The van der Waals surface area contributed by atoms with E-state index in [0.717, 1.165) is 107 Å². The maximum absolute atomic E-state index is 12.8. The van der Waals surface area contributed by atoms with E-state index in [1.54, 1.807) is 23.5 Å². The molecular formula is C38H46N6O4S2. The summed E-state index contributed by atoms with van der Waals surface area (Å²) in [4.78, 5) is 30.0. The van der Waals surface area contributed by atoms with Crippen molar-refractivity contribution >= 4 is 72.8 Å². The maximum atomic E-state index is 12.8. The first-order chi connectivity index (χ1) is 24.4. The van der Waals surface area contributed by atoms with Crippen molar-refractivity contribution in [2.75, 3.05) is 55.2 Å². The maximum Gasteiger partial charge on any atom is 0.307 e. The first-order valence-corrected chi connectivity index (χ1v) is 19.9. The summed E-state index contributed by atoms with van der Waals surface area (Å²) >= 11 is 3.47. The summed E-state index contributed by atoms with van der Waals surface area (Å²) in [6, 6.07) is 14.1. The van der Waals surface area contributed by atoms with Crippen molar-refractivity contribution in [1.82, 2.24) is 9.97 Å². The smallest absolute Gasteiger partial charge is 0.307 e. The molecule has 2 unspecified atom stereocenters. The first-order valence-electron chi connectivity index (χ1n) is 18.0. The molecule has 6 heterocycles. The highest BCUT2D eigenvalue weighted by Gasteiger charge is 2.26. The highest BCUT2D eigenvalue weighted by Crippen LogP contribution is 2.33. The van der Waals surface area contributed by atoms with Crippen molar-refractivity contribution in [1.29, 1.82) is 0 Å². The number of benzene rings is 2.